The van der Waals surface area contributed by atoms with Gasteiger partial charge < -0.3 is 4.52 Å². The first-order valence-electron chi connectivity index (χ1n) is 11.6. The molecule has 8 heteroatoms. The second kappa shape index (κ2) is 10.2. The van der Waals surface area contributed by atoms with Crippen LogP contribution in [0.1, 0.15) is 0 Å². The van der Waals surface area contributed by atoms with E-state index in [2.05, 4.69) is 36.8 Å². The SMILES string of the molecule is CSc1ccccc1P(Oc1nc2ccccc2n2c(=O)c3ccccc3nc12)c1ccccc1SC. The van der Waals surface area contributed by atoms with Crippen LogP contribution in [-0.4, -0.2) is 26.9 Å². The van der Waals surface area contributed by atoms with Gasteiger partial charge in [0.25, 0.3) is 11.4 Å². The maximum Gasteiger partial charge on any atom is 0.266 e. The van der Waals surface area contributed by atoms with Gasteiger partial charge >= 0.3 is 0 Å². The molecule has 0 fully saturated rings. The number of nitrogens with zero attached hydrogens (tertiary/aromatic N) is 3. The highest BCUT2D eigenvalue weighted by Crippen LogP contribution is 2.42. The fraction of sp³-hybridized carbons (Fsp3) is 0.0690. The monoisotopic (exact) mass is 539 g/mol. The van der Waals surface area contributed by atoms with Crippen LogP contribution >= 0.6 is 31.7 Å². The number of para-hydroxylation sites is 3. The number of hydrogen-bond donors (Lipinski definition) is 0. The number of aromatic nitrogens is 3. The van der Waals surface area contributed by atoms with Gasteiger partial charge in [-0.2, -0.15) is 0 Å². The highest BCUT2D eigenvalue weighted by atomic mass is 32.2. The van der Waals surface area contributed by atoms with Crippen molar-refractivity contribution in [3.63, 3.8) is 0 Å². The van der Waals surface area contributed by atoms with Crippen molar-refractivity contribution in [1.29, 1.82) is 0 Å². The van der Waals surface area contributed by atoms with Crippen molar-refractivity contribution in [3.8, 4) is 5.88 Å². The Morgan fingerprint density at radius 3 is 1.95 bits per heavy atom. The second-order valence-corrected chi connectivity index (χ2v) is 11.7. The summed E-state index contributed by atoms with van der Waals surface area (Å²) in [6, 6.07) is 31.6. The molecule has 0 aliphatic carbocycles. The van der Waals surface area contributed by atoms with Gasteiger partial charge in [-0.3, -0.25) is 9.20 Å². The maximum atomic E-state index is 13.7. The van der Waals surface area contributed by atoms with E-state index in [1.54, 1.807) is 27.9 Å². The lowest BCUT2D eigenvalue weighted by Gasteiger charge is -2.23. The molecule has 2 aromatic heterocycles. The quantitative estimate of drug-likeness (QED) is 0.108. The predicted molar refractivity (Wildman–Crippen MR) is 158 cm³/mol. The fourth-order valence-electron chi connectivity index (χ4n) is 4.38. The molecular weight excluding hydrogens is 517 g/mol. The van der Waals surface area contributed by atoms with Crippen LogP contribution in [0.3, 0.4) is 0 Å². The lowest BCUT2D eigenvalue weighted by Crippen LogP contribution is -2.21. The van der Waals surface area contributed by atoms with Gasteiger partial charge in [-0.15, -0.1) is 23.5 Å². The van der Waals surface area contributed by atoms with Crippen molar-refractivity contribution in [2.45, 2.75) is 9.79 Å². The Morgan fingerprint density at radius 2 is 1.27 bits per heavy atom. The molecule has 0 unspecified atom stereocenters. The Balaban J connectivity index is 1.66. The summed E-state index contributed by atoms with van der Waals surface area (Å²) in [5.41, 5.74) is 2.27. The molecular formula is C29H22N3O2PS2. The summed E-state index contributed by atoms with van der Waals surface area (Å²) in [6.45, 7) is 0. The molecule has 0 bridgehead atoms. The van der Waals surface area contributed by atoms with Crippen molar-refractivity contribution in [2.75, 3.05) is 12.5 Å². The molecule has 6 aromatic rings. The van der Waals surface area contributed by atoms with Gasteiger partial charge in [0.15, 0.2) is 8.15 Å². The molecule has 4 aromatic carbocycles. The summed E-state index contributed by atoms with van der Waals surface area (Å²) >= 11 is 3.38. The summed E-state index contributed by atoms with van der Waals surface area (Å²) in [7, 11) is -1.32. The van der Waals surface area contributed by atoms with Crippen LogP contribution in [-0.2, 0) is 0 Å². The minimum absolute atomic E-state index is 0.137. The summed E-state index contributed by atoms with van der Waals surface area (Å²) in [6.07, 6.45) is 4.15. The number of fused-ring (bicyclic) bond motifs is 4. The fourth-order valence-corrected chi connectivity index (χ4v) is 8.15. The van der Waals surface area contributed by atoms with E-state index in [0.717, 1.165) is 20.4 Å². The normalized spacial score (nSPS) is 11.5. The molecule has 0 saturated heterocycles. The van der Waals surface area contributed by atoms with Crippen molar-refractivity contribution in [3.05, 3.63) is 107 Å². The molecule has 0 aliphatic heterocycles. The third-order valence-corrected chi connectivity index (χ3v) is 10.0. The first-order valence-corrected chi connectivity index (χ1v) is 15.3. The van der Waals surface area contributed by atoms with E-state index in [4.69, 9.17) is 14.5 Å². The standard InChI is InChI=1S/C29H22N3O2PS2/c1-36-25-17-9-7-15-23(25)35(24-16-8-10-18-26(24)37-2)34-28-27-30-20-12-4-3-11-19(20)29(33)32(27)22-14-6-5-13-21(22)31-28/h3-18H,1-2H3. The molecule has 0 amide bonds. The zero-order valence-corrected chi connectivity index (χ0v) is 22.7. The van der Waals surface area contributed by atoms with E-state index < -0.39 is 8.15 Å². The molecule has 6 rings (SSSR count). The maximum absolute atomic E-state index is 13.7. The summed E-state index contributed by atoms with van der Waals surface area (Å²) in [5.74, 6) is 0.347. The average molecular weight is 540 g/mol. The van der Waals surface area contributed by atoms with E-state index in [1.165, 1.54) is 0 Å². The third-order valence-electron chi connectivity index (χ3n) is 6.10. The van der Waals surface area contributed by atoms with E-state index in [9.17, 15) is 4.79 Å². The number of rotatable bonds is 6. The van der Waals surface area contributed by atoms with E-state index in [-0.39, 0.29) is 5.56 Å². The van der Waals surface area contributed by atoms with Crippen molar-refractivity contribution in [2.24, 2.45) is 0 Å². The third kappa shape index (κ3) is 4.27. The molecule has 182 valence electrons. The molecule has 5 nitrogen and oxygen atoms in total. The summed E-state index contributed by atoms with van der Waals surface area (Å²) in [5, 5.41) is 2.76. The lowest BCUT2D eigenvalue weighted by atomic mass is 10.2. The van der Waals surface area contributed by atoms with Gasteiger partial charge in [-0.05, 0) is 61.0 Å². The zero-order chi connectivity index (χ0) is 25.4. The van der Waals surface area contributed by atoms with Crippen LogP contribution in [0.5, 0.6) is 5.88 Å². The van der Waals surface area contributed by atoms with Crippen LogP contribution in [0.25, 0.3) is 27.6 Å². The van der Waals surface area contributed by atoms with Crippen LogP contribution < -0.4 is 20.7 Å². The average Bonchev–Trinajstić information content (AvgIpc) is 2.96. The first-order chi connectivity index (χ1) is 18.2. The van der Waals surface area contributed by atoms with Gasteiger partial charge in [0.05, 0.1) is 21.9 Å². The van der Waals surface area contributed by atoms with Crippen molar-refractivity contribution < 1.29 is 4.52 Å². The minimum Gasteiger partial charge on any atom is -0.444 e. The van der Waals surface area contributed by atoms with Gasteiger partial charge in [-0.25, -0.2) is 9.97 Å². The molecule has 0 saturated carbocycles. The van der Waals surface area contributed by atoms with Gasteiger partial charge in [-0.1, -0.05) is 48.5 Å². The van der Waals surface area contributed by atoms with E-state index in [0.29, 0.717) is 33.5 Å². The molecule has 0 radical (unpaired) electrons. The topological polar surface area (TPSA) is 56.5 Å². The minimum atomic E-state index is -1.32. The molecule has 0 N–H and O–H groups in total. The van der Waals surface area contributed by atoms with Crippen LogP contribution in [0.4, 0.5) is 0 Å². The van der Waals surface area contributed by atoms with Crippen molar-refractivity contribution in [1.82, 2.24) is 14.4 Å². The Labute approximate surface area is 223 Å². The molecule has 0 atom stereocenters. The Hall–Kier alpha value is -3.38. The Kier molecular flexibility index (Phi) is 6.59. The van der Waals surface area contributed by atoms with Gasteiger partial charge in [0.1, 0.15) is 0 Å². The zero-order valence-electron chi connectivity index (χ0n) is 20.2. The summed E-state index contributed by atoms with van der Waals surface area (Å²) < 4.78 is 8.54. The first kappa shape index (κ1) is 24.0. The number of hydrogen-bond acceptors (Lipinski definition) is 6. The highest BCUT2D eigenvalue weighted by molar-refractivity contribution is 8.00. The van der Waals surface area contributed by atoms with E-state index in [1.807, 2.05) is 72.8 Å². The highest BCUT2D eigenvalue weighted by Gasteiger charge is 2.26. The van der Waals surface area contributed by atoms with E-state index >= 15 is 0 Å². The van der Waals surface area contributed by atoms with Crippen LogP contribution in [0, 0.1) is 0 Å². The Morgan fingerprint density at radius 1 is 0.703 bits per heavy atom. The molecule has 2 heterocycles. The molecule has 37 heavy (non-hydrogen) atoms. The lowest BCUT2D eigenvalue weighted by molar-refractivity contribution is 0.604. The van der Waals surface area contributed by atoms with Crippen LogP contribution in [0.15, 0.2) is 112 Å². The number of benzene rings is 4. The van der Waals surface area contributed by atoms with Crippen LogP contribution in [0.2, 0.25) is 0 Å². The van der Waals surface area contributed by atoms with Gasteiger partial charge in [0, 0.05) is 20.4 Å². The largest absolute Gasteiger partial charge is 0.444 e. The summed E-state index contributed by atoms with van der Waals surface area (Å²) in [4.78, 5) is 25.8. The molecule has 0 aliphatic rings. The predicted octanol–water partition coefficient (Wildman–Crippen LogP) is 6.27. The Bertz CT molecular complexity index is 1790. The number of thioether (sulfide) groups is 2. The van der Waals surface area contributed by atoms with Crippen molar-refractivity contribution >= 4 is 69.9 Å². The molecule has 0 spiro atoms. The van der Waals surface area contributed by atoms with Gasteiger partial charge in [0.2, 0.25) is 5.65 Å². The smallest absolute Gasteiger partial charge is 0.266 e. The second-order valence-electron chi connectivity index (χ2n) is 8.23.